The maximum Gasteiger partial charge on any atom is 0.507 e. The molecule has 0 aromatic rings. The fraction of sp³-hybridized carbons (Fsp3) is 0.200. The molecule has 0 bridgehead atoms. The van der Waals surface area contributed by atoms with Crippen molar-refractivity contribution in [2.45, 2.75) is 6.10 Å². The van der Waals surface area contributed by atoms with Crippen molar-refractivity contribution in [1.82, 2.24) is 0 Å². The SMILES string of the molecule is C=CC(C#N)OC(=O)O. The molecule has 0 aromatic carbocycles. The minimum atomic E-state index is -1.47. The molecule has 0 saturated carbocycles. The van der Waals surface area contributed by atoms with Crippen LogP contribution < -0.4 is 0 Å². The molecular weight excluding hydrogens is 122 g/mol. The molecule has 4 heteroatoms. The highest BCUT2D eigenvalue weighted by molar-refractivity contribution is 5.57. The zero-order valence-corrected chi connectivity index (χ0v) is 4.57. The van der Waals surface area contributed by atoms with Crippen LogP contribution in [0.25, 0.3) is 0 Å². The van der Waals surface area contributed by atoms with Crippen LogP contribution in [0.1, 0.15) is 0 Å². The fourth-order valence-electron chi connectivity index (χ4n) is 0.236. The molecule has 1 unspecified atom stereocenters. The van der Waals surface area contributed by atoms with E-state index in [0.717, 1.165) is 6.08 Å². The predicted octanol–water partition coefficient (Wildman–Crippen LogP) is 0.759. The van der Waals surface area contributed by atoms with E-state index < -0.39 is 12.3 Å². The van der Waals surface area contributed by atoms with Gasteiger partial charge in [-0.3, -0.25) is 0 Å². The molecule has 0 aliphatic heterocycles. The Labute approximate surface area is 52.0 Å². The summed E-state index contributed by atoms with van der Waals surface area (Å²) >= 11 is 0. The van der Waals surface area contributed by atoms with Crippen molar-refractivity contribution < 1.29 is 14.6 Å². The van der Waals surface area contributed by atoms with Crippen LogP contribution >= 0.6 is 0 Å². The van der Waals surface area contributed by atoms with Crippen LogP contribution in [0, 0.1) is 11.3 Å². The first-order valence-electron chi connectivity index (χ1n) is 2.12. The molecule has 0 spiro atoms. The Hall–Kier alpha value is -1.50. The molecule has 0 radical (unpaired) electrons. The number of hydrogen-bond acceptors (Lipinski definition) is 3. The third-order valence-corrected chi connectivity index (χ3v) is 0.569. The molecule has 0 rings (SSSR count). The van der Waals surface area contributed by atoms with E-state index in [4.69, 9.17) is 10.4 Å². The van der Waals surface area contributed by atoms with Crippen molar-refractivity contribution in [1.29, 1.82) is 5.26 Å². The molecule has 4 nitrogen and oxygen atoms in total. The summed E-state index contributed by atoms with van der Waals surface area (Å²) in [5, 5.41) is 16.0. The van der Waals surface area contributed by atoms with E-state index in [-0.39, 0.29) is 0 Å². The molecule has 48 valence electrons. The average Bonchev–Trinajstić information content (AvgIpc) is 1.82. The predicted molar refractivity (Wildman–Crippen MR) is 28.7 cm³/mol. The lowest BCUT2D eigenvalue weighted by molar-refractivity contribution is 0.0852. The minimum absolute atomic E-state index is 1.05. The number of hydrogen-bond donors (Lipinski definition) is 1. The lowest BCUT2D eigenvalue weighted by Gasteiger charge is -1.98. The second-order valence-corrected chi connectivity index (χ2v) is 1.17. The summed E-state index contributed by atoms with van der Waals surface area (Å²) in [5.41, 5.74) is 0. The molecule has 0 aliphatic carbocycles. The highest BCUT2D eigenvalue weighted by Gasteiger charge is 2.05. The van der Waals surface area contributed by atoms with E-state index >= 15 is 0 Å². The third-order valence-electron chi connectivity index (χ3n) is 0.569. The average molecular weight is 127 g/mol. The molecule has 0 aliphatic rings. The zero-order chi connectivity index (χ0) is 7.28. The van der Waals surface area contributed by atoms with E-state index in [2.05, 4.69) is 11.3 Å². The number of carbonyl (C=O) groups is 1. The number of carboxylic acid groups (broad SMARTS) is 1. The van der Waals surface area contributed by atoms with E-state index in [9.17, 15) is 4.79 Å². The van der Waals surface area contributed by atoms with Gasteiger partial charge in [-0.15, -0.1) is 0 Å². The highest BCUT2D eigenvalue weighted by Crippen LogP contribution is 1.89. The van der Waals surface area contributed by atoms with E-state index in [1.165, 1.54) is 0 Å². The Morgan fingerprint density at radius 3 is 2.67 bits per heavy atom. The van der Waals surface area contributed by atoms with Crippen LogP contribution in [0.3, 0.4) is 0 Å². The van der Waals surface area contributed by atoms with Crippen molar-refractivity contribution in [3.8, 4) is 6.07 Å². The topological polar surface area (TPSA) is 70.3 Å². The molecule has 1 N–H and O–H groups in total. The summed E-state index contributed by atoms with van der Waals surface area (Å²) in [5.74, 6) is 0. The first-order chi connectivity index (χ1) is 4.20. The molecule has 0 amide bonds. The lowest BCUT2D eigenvalue weighted by Crippen LogP contribution is -2.10. The summed E-state index contributed by atoms with van der Waals surface area (Å²) in [6.45, 7) is 3.17. The molecule has 9 heavy (non-hydrogen) atoms. The van der Waals surface area contributed by atoms with E-state index in [1.807, 2.05) is 0 Å². The van der Waals surface area contributed by atoms with Gasteiger partial charge in [0, 0.05) is 0 Å². The standard InChI is InChI=1S/C5H5NO3/c1-2-4(3-6)9-5(7)8/h2,4H,1H2,(H,7,8). The lowest BCUT2D eigenvalue weighted by atomic mass is 10.4. The third kappa shape index (κ3) is 3.12. The molecule has 0 fully saturated rings. The Kier molecular flexibility index (Phi) is 2.91. The summed E-state index contributed by atoms with van der Waals surface area (Å²) in [6.07, 6.45) is -1.42. The van der Waals surface area contributed by atoms with Gasteiger partial charge in [-0.05, 0) is 6.08 Å². The van der Waals surface area contributed by atoms with Crippen LogP contribution in [0.5, 0.6) is 0 Å². The Morgan fingerprint density at radius 2 is 2.56 bits per heavy atom. The summed E-state index contributed by atoms with van der Waals surface area (Å²) in [4.78, 5) is 9.71. The number of ether oxygens (including phenoxy) is 1. The summed E-state index contributed by atoms with van der Waals surface area (Å²) in [6, 6.07) is 1.56. The molecule has 1 atom stereocenters. The van der Waals surface area contributed by atoms with Crippen LogP contribution in [0.4, 0.5) is 4.79 Å². The van der Waals surface area contributed by atoms with E-state index in [0.29, 0.717) is 0 Å². The number of rotatable bonds is 2. The van der Waals surface area contributed by atoms with Crippen molar-refractivity contribution in [2.75, 3.05) is 0 Å². The Bertz CT molecular complexity index is 158. The minimum Gasteiger partial charge on any atom is -0.450 e. The molecule has 0 heterocycles. The summed E-state index contributed by atoms with van der Waals surface area (Å²) in [7, 11) is 0. The van der Waals surface area contributed by atoms with Crippen LogP contribution in [0.15, 0.2) is 12.7 Å². The smallest absolute Gasteiger partial charge is 0.450 e. The van der Waals surface area contributed by atoms with Crippen molar-refractivity contribution >= 4 is 6.16 Å². The van der Waals surface area contributed by atoms with Crippen molar-refractivity contribution in [3.05, 3.63) is 12.7 Å². The van der Waals surface area contributed by atoms with Gasteiger partial charge < -0.3 is 9.84 Å². The monoisotopic (exact) mass is 127 g/mol. The van der Waals surface area contributed by atoms with Gasteiger partial charge in [-0.25, -0.2) is 4.79 Å². The molecule has 0 saturated heterocycles. The van der Waals surface area contributed by atoms with Gasteiger partial charge in [0.05, 0.1) is 0 Å². The van der Waals surface area contributed by atoms with Gasteiger partial charge in [0.2, 0.25) is 6.10 Å². The molecular formula is C5H5NO3. The fourth-order valence-corrected chi connectivity index (χ4v) is 0.236. The maximum absolute atomic E-state index is 9.71. The second kappa shape index (κ2) is 3.50. The van der Waals surface area contributed by atoms with Crippen molar-refractivity contribution in [2.24, 2.45) is 0 Å². The normalized spacial score (nSPS) is 11.0. The first-order valence-corrected chi connectivity index (χ1v) is 2.12. The van der Waals surface area contributed by atoms with Crippen LogP contribution in [-0.4, -0.2) is 17.4 Å². The highest BCUT2D eigenvalue weighted by atomic mass is 16.7. The van der Waals surface area contributed by atoms with Gasteiger partial charge in [0.1, 0.15) is 6.07 Å². The van der Waals surface area contributed by atoms with Gasteiger partial charge in [0.15, 0.2) is 0 Å². The number of nitriles is 1. The van der Waals surface area contributed by atoms with Crippen molar-refractivity contribution in [3.63, 3.8) is 0 Å². The van der Waals surface area contributed by atoms with Crippen LogP contribution in [0.2, 0.25) is 0 Å². The Balaban J connectivity index is 3.73. The van der Waals surface area contributed by atoms with Gasteiger partial charge in [0.25, 0.3) is 0 Å². The van der Waals surface area contributed by atoms with E-state index in [1.54, 1.807) is 6.07 Å². The number of nitrogens with zero attached hydrogens (tertiary/aromatic N) is 1. The maximum atomic E-state index is 9.71. The first kappa shape index (κ1) is 7.50. The molecule has 0 aromatic heterocycles. The zero-order valence-electron chi connectivity index (χ0n) is 4.57. The van der Waals surface area contributed by atoms with Gasteiger partial charge >= 0.3 is 6.16 Å². The van der Waals surface area contributed by atoms with Gasteiger partial charge in [-0.2, -0.15) is 5.26 Å². The Morgan fingerprint density at radius 1 is 2.00 bits per heavy atom. The summed E-state index contributed by atoms with van der Waals surface area (Å²) < 4.78 is 3.99. The quantitative estimate of drug-likeness (QED) is 0.439. The second-order valence-electron chi connectivity index (χ2n) is 1.17. The largest absolute Gasteiger partial charge is 0.507 e. The van der Waals surface area contributed by atoms with Crippen LogP contribution in [-0.2, 0) is 4.74 Å². The van der Waals surface area contributed by atoms with Gasteiger partial charge in [-0.1, -0.05) is 6.58 Å².